The molecule has 0 saturated heterocycles. The number of allylic oxidation sites excluding steroid dienone is 2. The first kappa shape index (κ1) is 17.0. The molecule has 2 N–H and O–H groups in total. The average molecular weight is 299 g/mol. The van der Waals surface area contributed by atoms with E-state index < -0.39 is 5.82 Å². The van der Waals surface area contributed by atoms with Crippen molar-refractivity contribution in [1.82, 2.24) is 0 Å². The molecule has 0 unspecified atom stereocenters. The predicted molar refractivity (Wildman–Crippen MR) is 78.9 cm³/mol. The number of halogens is 1. The Labute approximate surface area is 128 Å². The monoisotopic (exact) mass is 299 g/mol. The van der Waals surface area contributed by atoms with Gasteiger partial charge in [-0.15, -0.1) is 0 Å². The van der Waals surface area contributed by atoms with E-state index in [1.165, 1.54) is 18.2 Å². The molecule has 22 heavy (non-hydrogen) atoms. The topological polar surface area (TPSA) is 105 Å². The second-order valence-corrected chi connectivity index (χ2v) is 4.17. The van der Waals surface area contributed by atoms with Gasteiger partial charge >= 0.3 is 0 Å². The van der Waals surface area contributed by atoms with E-state index in [0.29, 0.717) is 18.8 Å². The second kappa shape index (κ2) is 8.97. The quantitative estimate of drug-likeness (QED) is 0.592. The van der Waals surface area contributed by atoms with E-state index in [-0.39, 0.29) is 17.0 Å². The van der Waals surface area contributed by atoms with Gasteiger partial charge in [-0.1, -0.05) is 0 Å². The Kier molecular flexibility index (Phi) is 6.92. The molecule has 0 bridgehead atoms. The van der Waals surface area contributed by atoms with Crippen LogP contribution in [0.4, 0.5) is 15.8 Å². The molecule has 0 spiro atoms. The van der Waals surface area contributed by atoms with Crippen molar-refractivity contribution in [2.24, 2.45) is 0 Å². The highest BCUT2D eigenvalue weighted by Gasteiger charge is 2.10. The number of nitriles is 3. The molecule has 7 heteroatoms. The summed E-state index contributed by atoms with van der Waals surface area (Å²) in [5.41, 5.74) is 0.241. The zero-order chi connectivity index (χ0) is 16.4. The Morgan fingerprint density at radius 3 is 2.50 bits per heavy atom. The van der Waals surface area contributed by atoms with E-state index in [2.05, 4.69) is 10.6 Å². The number of nitrogens with one attached hydrogen (secondary N) is 2. The Hall–Kier alpha value is -3.08. The maximum absolute atomic E-state index is 13.4. The summed E-state index contributed by atoms with van der Waals surface area (Å²) >= 11 is 0. The first-order valence-electron chi connectivity index (χ1n) is 6.40. The summed E-state index contributed by atoms with van der Waals surface area (Å²) in [6, 6.07) is 8.94. The molecule has 0 radical (unpaired) electrons. The first-order valence-corrected chi connectivity index (χ1v) is 6.40. The standard InChI is InChI=1S/C15H14FN5O/c1-22-6-2-5-20-13-4-3-12(16)7-14(13)21-15(10-19)11(8-17)9-18/h3-4,7,20-21H,2,5-6H2,1H3. The van der Waals surface area contributed by atoms with Crippen LogP contribution in [0.3, 0.4) is 0 Å². The van der Waals surface area contributed by atoms with Crippen LogP contribution in [0.25, 0.3) is 0 Å². The van der Waals surface area contributed by atoms with Crippen molar-refractivity contribution < 1.29 is 9.13 Å². The Balaban J connectivity index is 3.01. The zero-order valence-corrected chi connectivity index (χ0v) is 12.0. The number of methoxy groups -OCH3 is 1. The molecule has 0 aliphatic carbocycles. The molecule has 1 aromatic rings. The number of ether oxygens (including phenoxy) is 1. The van der Waals surface area contributed by atoms with Crippen LogP contribution in [0.15, 0.2) is 29.5 Å². The summed E-state index contributed by atoms with van der Waals surface area (Å²) in [5.74, 6) is -0.502. The lowest BCUT2D eigenvalue weighted by molar-refractivity contribution is 0.198. The number of rotatable bonds is 7. The molecule has 0 aliphatic rings. The molecular formula is C15H14FN5O. The molecule has 0 saturated carbocycles. The van der Waals surface area contributed by atoms with Gasteiger partial charge in [-0.3, -0.25) is 0 Å². The van der Waals surface area contributed by atoms with Crippen molar-refractivity contribution >= 4 is 11.4 Å². The molecule has 1 aromatic carbocycles. The van der Waals surface area contributed by atoms with E-state index in [4.69, 9.17) is 20.5 Å². The first-order chi connectivity index (χ1) is 10.7. The summed E-state index contributed by atoms with van der Waals surface area (Å²) in [4.78, 5) is 0. The average Bonchev–Trinajstić information content (AvgIpc) is 2.53. The highest BCUT2D eigenvalue weighted by atomic mass is 19.1. The van der Waals surface area contributed by atoms with Gasteiger partial charge < -0.3 is 15.4 Å². The SMILES string of the molecule is COCCCNc1ccc(F)cc1NC(C#N)=C(C#N)C#N. The van der Waals surface area contributed by atoms with Gasteiger partial charge in [0.1, 0.15) is 29.7 Å². The van der Waals surface area contributed by atoms with E-state index in [1.807, 2.05) is 0 Å². The van der Waals surface area contributed by atoms with Crippen molar-refractivity contribution in [3.8, 4) is 18.2 Å². The van der Waals surface area contributed by atoms with Crippen LogP contribution in [0.1, 0.15) is 6.42 Å². The van der Waals surface area contributed by atoms with Crippen LogP contribution >= 0.6 is 0 Å². The highest BCUT2D eigenvalue weighted by Crippen LogP contribution is 2.24. The fourth-order valence-electron chi connectivity index (χ4n) is 1.63. The van der Waals surface area contributed by atoms with Gasteiger partial charge in [-0.05, 0) is 24.6 Å². The lowest BCUT2D eigenvalue weighted by atomic mass is 10.2. The normalized spacial score (nSPS) is 9.05. The summed E-state index contributed by atoms with van der Waals surface area (Å²) < 4.78 is 18.3. The number of hydrogen-bond acceptors (Lipinski definition) is 6. The van der Waals surface area contributed by atoms with Crippen molar-refractivity contribution in [1.29, 1.82) is 15.8 Å². The number of benzene rings is 1. The summed E-state index contributed by atoms with van der Waals surface area (Å²) in [6.45, 7) is 1.16. The third kappa shape index (κ3) is 4.79. The Bertz CT molecular complexity index is 663. The molecule has 1 rings (SSSR count). The second-order valence-electron chi connectivity index (χ2n) is 4.17. The number of nitrogens with zero attached hydrogens (tertiary/aromatic N) is 3. The van der Waals surface area contributed by atoms with E-state index >= 15 is 0 Å². The minimum Gasteiger partial charge on any atom is -0.385 e. The van der Waals surface area contributed by atoms with E-state index in [1.54, 1.807) is 25.3 Å². The van der Waals surface area contributed by atoms with Gasteiger partial charge in [0, 0.05) is 20.3 Å². The maximum Gasteiger partial charge on any atom is 0.163 e. The van der Waals surface area contributed by atoms with Crippen molar-refractivity contribution in [3.63, 3.8) is 0 Å². The largest absolute Gasteiger partial charge is 0.385 e. The van der Waals surface area contributed by atoms with Gasteiger partial charge in [0.25, 0.3) is 0 Å². The van der Waals surface area contributed by atoms with Crippen LogP contribution in [-0.4, -0.2) is 20.3 Å². The van der Waals surface area contributed by atoms with Crippen molar-refractivity contribution in [3.05, 3.63) is 35.3 Å². The van der Waals surface area contributed by atoms with Crippen LogP contribution in [-0.2, 0) is 4.74 Å². The zero-order valence-electron chi connectivity index (χ0n) is 12.0. The third-order valence-corrected chi connectivity index (χ3v) is 2.67. The van der Waals surface area contributed by atoms with Crippen LogP contribution in [0.5, 0.6) is 0 Å². The lowest BCUT2D eigenvalue weighted by Gasteiger charge is -2.13. The Morgan fingerprint density at radius 2 is 1.91 bits per heavy atom. The fourth-order valence-corrected chi connectivity index (χ4v) is 1.63. The van der Waals surface area contributed by atoms with Gasteiger partial charge in [0.05, 0.1) is 11.4 Å². The van der Waals surface area contributed by atoms with Gasteiger partial charge in [0.15, 0.2) is 5.57 Å². The van der Waals surface area contributed by atoms with Crippen LogP contribution in [0.2, 0.25) is 0 Å². The van der Waals surface area contributed by atoms with Crippen molar-refractivity contribution in [2.45, 2.75) is 6.42 Å². The predicted octanol–water partition coefficient (Wildman–Crippen LogP) is 2.51. The molecule has 6 nitrogen and oxygen atoms in total. The van der Waals surface area contributed by atoms with E-state index in [0.717, 1.165) is 6.42 Å². The van der Waals surface area contributed by atoms with E-state index in [9.17, 15) is 4.39 Å². The summed E-state index contributed by atoms with van der Waals surface area (Å²) in [6.07, 6.45) is 0.746. The minimum absolute atomic E-state index is 0.226. The molecule has 0 aromatic heterocycles. The Morgan fingerprint density at radius 1 is 1.18 bits per heavy atom. The molecule has 112 valence electrons. The van der Waals surface area contributed by atoms with Crippen LogP contribution in [0, 0.1) is 39.8 Å². The summed E-state index contributed by atoms with van der Waals surface area (Å²) in [5, 5.41) is 32.3. The van der Waals surface area contributed by atoms with Gasteiger partial charge in [0.2, 0.25) is 0 Å². The maximum atomic E-state index is 13.4. The molecule has 0 aliphatic heterocycles. The molecule has 0 atom stereocenters. The molecule has 0 amide bonds. The van der Waals surface area contributed by atoms with Gasteiger partial charge in [-0.2, -0.15) is 15.8 Å². The smallest absolute Gasteiger partial charge is 0.163 e. The molecule has 0 fully saturated rings. The summed E-state index contributed by atoms with van der Waals surface area (Å²) in [7, 11) is 1.60. The highest BCUT2D eigenvalue weighted by molar-refractivity contribution is 5.72. The van der Waals surface area contributed by atoms with Crippen molar-refractivity contribution in [2.75, 3.05) is 30.9 Å². The number of hydrogen-bond donors (Lipinski definition) is 2. The molecule has 0 heterocycles. The lowest BCUT2D eigenvalue weighted by Crippen LogP contribution is -2.09. The number of anilines is 2. The van der Waals surface area contributed by atoms with Gasteiger partial charge in [-0.25, -0.2) is 4.39 Å². The third-order valence-electron chi connectivity index (χ3n) is 2.67. The minimum atomic E-state index is -0.502. The molecular weight excluding hydrogens is 285 g/mol. The van der Waals surface area contributed by atoms with Crippen LogP contribution < -0.4 is 10.6 Å². The fraction of sp³-hybridized carbons (Fsp3) is 0.267.